The van der Waals surface area contributed by atoms with Crippen molar-refractivity contribution in [2.45, 2.75) is 59.2 Å². The molecule has 188 valence electrons. The molecule has 1 aliphatic heterocycles. The Kier molecular flexibility index (Phi) is 9.87. The smallest absolute Gasteiger partial charge is 0.325 e. The Hall–Kier alpha value is -3.39. The summed E-state index contributed by atoms with van der Waals surface area (Å²) in [6.07, 6.45) is 0.787. The fraction of sp³-hybridized carbons (Fsp3) is 0.344. The molecule has 4 nitrogen and oxygen atoms in total. The molecule has 1 fully saturated rings. The van der Waals surface area contributed by atoms with Gasteiger partial charge in [0.15, 0.2) is 0 Å². The van der Waals surface area contributed by atoms with E-state index in [9.17, 15) is 9.90 Å². The highest BCUT2D eigenvalue weighted by molar-refractivity contribution is 5.76. The van der Waals surface area contributed by atoms with Gasteiger partial charge in [-0.3, -0.25) is 9.69 Å². The molecule has 1 heterocycles. The van der Waals surface area contributed by atoms with Crippen LogP contribution in [-0.2, 0) is 16.1 Å². The van der Waals surface area contributed by atoms with Crippen molar-refractivity contribution in [3.05, 3.63) is 94.5 Å². The molecule has 36 heavy (non-hydrogen) atoms. The predicted octanol–water partition coefficient (Wildman–Crippen LogP) is 5.89. The number of carbonyl (C=O) groups excluding carboxylic acids is 1. The molecule has 3 aromatic rings. The maximum absolute atomic E-state index is 12.2. The highest BCUT2D eigenvalue weighted by Gasteiger charge is 2.36. The van der Waals surface area contributed by atoms with E-state index in [0.29, 0.717) is 13.0 Å². The fourth-order valence-electron chi connectivity index (χ4n) is 4.68. The minimum absolute atomic E-state index is 0.375. The van der Waals surface area contributed by atoms with Gasteiger partial charge in [0.1, 0.15) is 6.04 Å². The Morgan fingerprint density at radius 1 is 1.00 bits per heavy atom. The number of hydrogen-bond acceptors (Lipinski definition) is 4. The standard InChI is InChI=1S/C30H31NO3.C2H6/c1-21-19-23(20-31-18-8-13-28(32)29(31)30(33)34-3)14-15-24(21)16-17-25-11-7-12-27(22(25)2)26-9-5-4-6-10-26;1-2/h4-7,9-12,14-15,19,28-29,32H,8,13,18,20H2,1-3H3;1-2H3. The van der Waals surface area contributed by atoms with Crippen molar-refractivity contribution in [3.8, 4) is 23.0 Å². The molecule has 0 saturated carbocycles. The van der Waals surface area contributed by atoms with Gasteiger partial charge in [0.25, 0.3) is 0 Å². The van der Waals surface area contributed by atoms with Crippen molar-refractivity contribution < 1.29 is 14.6 Å². The molecule has 1 saturated heterocycles. The van der Waals surface area contributed by atoms with Crippen LogP contribution in [0.15, 0.2) is 66.7 Å². The lowest BCUT2D eigenvalue weighted by atomic mass is 9.96. The first-order chi connectivity index (χ1) is 17.5. The van der Waals surface area contributed by atoms with Crippen LogP contribution >= 0.6 is 0 Å². The lowest BCUT2D eigenvalue weighted by Gasteiger charge is -2.37. The number of aliphatic hydroxyl groups excluding tert-OH is 1. The first-order valence-electron chi connectivity index (χ1n) is 12.7. The number of hydrogen-bond donors (Lipinski definition) is 1. The van der Waals surface area contributed by atoms with Crippen molar-refractivity contribution in [2.24, 2.45) is 0 Å². The van der Waals surface area contributed by atoms with E-state index in [1.807, 2.05) is 30.9 Å². The van der Waals surface area contributed by atoms with Gasteiger partial charge in [-0.25, -0.2) is 0 Å². The van der Waals surface area contributed by atoms with Crippen molar-refractivity contribution in [3.63, 3.8) is 0 Å². The van der Waals surface area contributed by atoms with E-state index in [2.05, 4.69) is 80.3 Å². The summed E-state index contributed by atoms with van der Waals surface area (Å²) >= 11 is 0. The van der Waals surface area contributed by atoms with Gasteiger partial charge in [0.05, 0.1) is 13.2 Å². The molecule has 0 bridgehead atoms. The number of aryl methyl sites for hydroxylation is 1. The van der Waals surface area contributed by atoms with Crippen LogP contribution in [0.1, 0.15) is 54.5 Å². The first-order valence-corrected chi connectivity index (χ1v) is 12.7. The van der Waals surface area contributed by atoms with Crippen LogP contribution in [0.3, 0.4) is 0 Å². The van der Waals surface area contributed by atoms with Crippen LogP contribution < -0.4 is 0 Å². The number of likely N-dealkylation sites (tertiary alicyclic amines) is 1. The Bertz CT molecular complexity index is 1220. The zero-order valence-electron chi connectivity index (χ0n) is 22.0. The van der Waals surface area contributed by atoms with Crippen LogP contribution in [-0.4, -0.2) is 41.8 Å². The fourth-order valence-corrected chi connectivity index (χ4v) is 4.68. The number of rotatable bonds is 4. The maximum atomic E-state index is 12.2. The van der Waals surface area contributed by atoms with Gasteiger partial charge in [0.2, 0.25) is 0 Å². The van der Waals surface area contributed by atoms with E-state index >= 15 is 0 Å². The number of carbonyl (C=O) groups is 1. The minimum Gasteiger partial charge on any atom is -0.468 e. The van der Waals surface area contributed by atoms with E-state index in [1.165, 1.54) is 23.8 Å². The monoisotopic (exact) mass is 483 g/mol. The maximum Gasteiger partial charge on any atom is 0.325 e. The van der Waals surface area contributed by atoms with Gasteiger partial charge >= 0.3 is 5.97 Å². The minimum atomic E-state index is -0.692. The summed E-state index contributed by atoms with van der Waals surface area (Å²) in [6.45, 7) is 9.52. The van der Waals surface area contributed by atoms with Gasteiger partial charge in [-0.05, 0) is 73.2 Å². The molecule has 3 aromatic carbocycles. The Morgan fingerprint density at radius 2 is 1.72 bits per heavy atom. The number of nitrogens with zero attached hydrogens (tertiary/aromatic N) is 1. The molecule has 4 rings (SSSR count). The van der Waals surface area contributed by atoms with Gasteiger partial charge < -0.3 is 9.84 Å². The van der Waals surface area contributed by atoms with E-state index in [-0.39, 0.29) is 5.97 Å². The lowest BCUT2D eigenvalue weighted by molar-refractivity contribution is -0.154. The SMILES string of the molecule is CC.COC(=O)C1C(O)CCCN1Cc1ccc(C#Cc2cccc(-c3ccccc3)c2C)c(C)c1. The zero-order valence-corrected chi connectivity index (χ0v) is 22.0. The highest BCUT2D eigenvalue weighted by atomic mass is 16.5. The van der Waals surface area contributed by atoms with Crippen LogP contribution in [0.25, 0.3) is 11.1 Å². The summed E-state index contributed by atoms with van der Waals surface area (Å²) < 4.78 is 4.93. The second-order valence-electron chi connectivity index (χ2n) is 8.89. The summed E-state index contributed by atoms with van der Waals surface area (Å²) in [5.41, 5.74) is 7.75. The summed E-state index contributed by atoms with van der Waals surface area (Å²) in [4.78, 5) is 14.2. The summed E-state index contributed by atoms with van der Waals surface area (Å²) in [5, 5.41) is 10.3. The number of ether oxygens (including phenoxy) is 1. The topological polar surface area (TPSA) is 49.8 Å². The van der Waals surface area contributed by atoms with E-state index in [4.69, 9.17) is 4.74 Å². The summed E-state index contributed by atoms with van der Waals surface area (Å²) in [6, 6.07) is 22.2. The Balaban J connectivity index is 0.00000176. The average Bonchev–Trinajstić information content (AvgIpc) is 2.90. The largest absolute Gasteiger partial charge is 0.468 e. The molecule has 0 spiro atoms. The van der Waals surface area contributed by atoms with Crippen LogP contribution in [0.4, 0.5) is 0 Å². The zero-order chi connectivity index (χ0) is 26.1. The number of aliphatic hydroxyl groups is 1. The summed E-state index contributed by atoms with van der Waals surface area (Å²) in [5.74, 6) is 6.33. The number of methoxy groups -OCH3 is 1. The quantitative estimate of drug-likeness (QED) is 0.371. The third-order valence-corrected chi connectivity index (χ3v) is 6.57. The molecule has 4 heteroatoms. The molecular formula is C32H37NO3. The molecule has 2 unspecified atom stereocenters. The lowest BCUT2D eigenvalue weighted by Crippen LogP contribution is -2.52. The van der Waals surface area contributed by atoms with Gasteiger partial charge in [-0.15, -0.1) is 0 Å². The molecule has 0 aliphatic carbocycles. The van der Waals surface area contributed by atoms with Crippen LogP contribution in [0, 0.1) is 25.7 Å². The second kappa shape index (κ2) is 13.1. The molecular weight excluding hydrogens is 446 g/mol. The van der Waals surface area contributed by atoms with Crippen molar-refractivity contribution in [2.75, 3.05) is 13.7 Å². The van der Waals surface area contributed by atoms with Gasteiger partial charge in [-0.1, -0.05) is 80.3 Å². The average molecular weight is 484 g/mol. The normalized spacial score (nSPS) is 17.3. The molecule has 2 atom stereocenters. The van der Waals surface area contributed by atoms with Gasteiger partial charge in [-0.2, -0.15) is 0 Å². The first kappa shape index (κ1) is 27.2. The van der Waals surface area contributed by atoms with E-state index in [1.54, 1.807) is 0 Å². The highest BCUT2D eigenvalue weighted by Crippen LogP contribution is 2.26. The molecule has 1 aliphatic rings. The number of esters is 1. The molecule has 1 N–H and O–H groups in total. The van der Waals surface area contributed by atoms with Crippen LogP contribution in [0.2, 0.25) is 0 Å². The molecule has 0 amide bonds. The van der Waals surface area contributed by atoms with Crippen molar-refractivity contribution in [1.82, 2.24) is 4.90 Å². The Labute approximate surface area is 215 Å². The predicted molar refractivity (Wildman–Crippen MR) is 147 cm³/mol. The van der Waals surface area contributed by atoms with E-state index in [0.717, 1.165) is 35.2 Å². The third-order valence-electron chi connectivity index (χ3n) is 6.57. The second-order valence-corrected chi connectivity index (χ2v) is 8.89. The third kappa shape index (κ3) is 6.43. The summed E-state index contributed by atoms with van der Waals surface area (Å²) in [7, 11) is 1.37. The Morgan fingerprint density at radius 3 is 2.42 bits per heavy atom. The number of piperidine rings is 1. The van der Waals surface area contributed by atoms with Crippen LogP contribution in [0.5, 0.6) is 0 Å². The van der Waals surface area contributed by atoms with E-state index < -0.39 is 12.1 Å². The van der Waals surface area contributed by atoms with Crippen molar-refractivity contribution >= 4 is 5.97 Å². The van der Waals surface area contributed by atoms with Crippen molar-refractivity contribution in [1.29, 1.82) is 0 Å². The van der Waals surface area contributed by atoms with Gasteiger partial charge in [0, 0.05) is 17.7 Å². The number of benzene rings is 3. The molecule has 0 aromatic heterocycles. The molecule has 0 radical (unpaired) electrons.